The summed E-state index contributed by atoms with van der Waals surface area (Å²) in [5.74, 6) is 1.13. The molecule has 150 valence electrons. The fourth-order valence-electron chi connectivity index (χ4n) is 3.01. The highest BCUT2D eigenvalue weighted by Gasteiger charge is 2.20. The van der Waals surface area contributed by atoms with E-state index in [4.69, 9.17) is 4.74 Å². The molecule has 2 aromatic heterocycles. The van der Waals surface area contributed by atoms with Gasteiger partial charge in [-0.2, -0.15) is 4.98 Å². The maximum Gasteiger partial charge on any atom is 0.329 e. The Morgan fingerprint density at radius 2 is 1.93 bits per heavy atom. The molecule has 3 rings (SSSR count). The Morgan fingerprint density at radius 1 is 1.25 bits per heavy atom. The zero-order valence-corrected chi connectivity index (χ0v) is 16.5. The van der Waals surface area contributed by atoms with E-state index in [2.05, 4.69) is 16.9 Å². The Bertz CT molecular complexity index is 1080. The lowest BCUT2D eigenvalue weighted by molar-refractivity contribution is 0.0937. The molecule has 0 amide bonds. The van der Waals surface area contributed by atoms with Crippen LogP contribution in [-0.2, 0) is 20.0 Å². The van der Waals surface area contributed by atoms with Crippen LogP contribution in [0.25, 0.3) is 11.2 Å². The average molecular weight is 387 g/mol. The third-order valence-electron chi connectivity index (χ3n) is 4.55. The first-order chi connectivity index (χ1) is 13.3. The molecule has 0 saturated heterocycles. The lowest BCUT2D eigenvalue weighted by atomic mass is 10.2. The number of aromatic nitrogens is 4. The smallest absolute Gasteiger partial charge is 0.329 e. The summed E-state index contributed by atoms with van der Waals surface area (Å²) in [5.41, 5.74) is 0.630. The zero-order valence-electron chi connectivity index (χ0n) is 16.5. The van der Waals surface area contributed by atoms with Gasteiger partial charge in [0.05, 0.1) is 6.54 Å². The second-order valence-electron chi connectivity index (χ2n) is 6.87. The lowest BCUT2D eigenvalue weighted by Gasteiger charge is -2.18. The predicted octanol–water partition coefficient (Wildman–Crippen LogP) is 0.492. The number of hydrogen-bond acceptors (Lipinski definition) is 6. The molecule has 0 bridgehead atoms. The standard InChI is InChI=1S/C19H25N5O4/c1-5-12-6-8-14(9-7-12)28-11-13(25)10-24-15-16(20-18(24)22(2)3)23(4)19(27)21-17(15)26/h6-9,13,25H,5,10-11H2,1-4H3,(H,21,26,27). The van der Waals surface area contributed by atoms with Crippen LogP contribution in [0.15, 0.2) is 33.9 Å². The number of aromatic amines is 1. The quantitative estimate of drug-likeness (QED) is 0.611. The van der Waals surface area contributed by atoms with Crippen molar-refractivity contribution in [2.45, 2.75) is 26.0 Å². The van der Waals surface area contributed by atoms with E-state index in [0.29, 0.717) is 11.7 Å². The van der Waals surface area contributed by atoms with Crippen molar-refractivity contribution in [2.24, 2.45) is 7.05 Å². The van der Waals surface area contributed by atoms with Gasteiger partial charge in [-0.1, -0.05) is 19.1 Å². The molecule has 2 heterocycles. The first-order valence-electron chi connectivity index (χ1n) is 9.08. The van der Waals surface area contributed by atoms with Crippen LogP contribution >= 0.6 is 0 Å². The topological polar surface area (TPSA) is 105 Å². The van der Waals surface area contributed by atoms with E-state index in [9.17, 15) is 14.7 Å². The van der Waals surface area contributed by atoms with Crippen LogP contribution in [0.5, 0.6) is 5.75 Å². The van der Waals surface area contributed by atoms with Crippen LogP contribution < -0.4 is 20.9 Å². The summed E-state index contributed by atoms with van der Waals surface area (Å²) in [5, 5.41) is 10.5. The number of aliphatic hydroxyl groups is 1. The molecule has 3 aromatic rings. The molecule has 0 aliphatic carbocycles. The molecular weight excluding hydrogens is 362 g/mol. The predicted molar refractivity (Wildman–Crippen MR) is 107 cm³/mol. The van der Waals surface area contributed by atoms with Crippen molar-refractivity contribution in [2.75, 3.05) is 25.6 Å². The van der Waals surface area contributed by atoms with Crippen molar-refractivity contribution in [1.29, 1.82) is 0 Å². The van der Waals surface area contributed by atoms with Crippen LogP contribution in [0.2, 0.25) is 0 Å². The maximum absolute atomic E-state index is 12.4. The Morgan fingerprint density at radius 3 is 2.54 bits per heavy atom. The Balaban J connectivity index is 1.86. The number of ether oxygens (including phenoxy) is 1. The second kappa shape index (κ2) is 7.89. The molecule has 0 aliphatic rings. The zero-order chi connectivity index (χ0) is 20.4. The molecule has 0 radical (unpaired) electrons. The third-order valence-corrected chi connectivity index (χ3v) is 4.55. The average Bonchev–Trinajstić information content (AvgIpc) is 3.05. The van der Waals surface area contributed by atoms with Crippen LogP contribution in [0, 0.1) is 0 Å². The minimum atomic E-state index is -0.876. The van der Waals surface area contributed by atoms with Gasteiger partial charge in [-0.3, -0.25) is 14.3 Å². The number of aryl methyl sites for hydroxylation is 2. The van der Waals surface area contributed by atoms with E-state index in [1.54, 1.807) is 23.6 Å². The number of fused-ring (bicyclic) bond motifs is 1. The largest absolute Gasteiger partial charge is 0.491 e. The van der Waals surface area contributed by atoms with Crippen molar-refractivity contribution in [1.82, 2.24) is 19.1 Å². The van der Waals surface area contributed by atoms with Crippen molar-refractivity contribution >= 4 is 17.1 Å². The number of nitrogens with zero attached hydrogens (tertiary/aromatic N) is 4. The third kappa shape index (κ3) is 3.79. The molecule has 1 unspecified atom stereocenters. The van der Waals surface area contributed by atoms with E-state index in [-0.39, 0.29) is 24.3 Å². The molecule has 9 nitrogen and oxygen atoms in total. The van der Waals surface area contributed by atoms with Gasteiger partial charge in [-0.05, 0) is 24.1 Å². The van der Waals surface area contributed by atoms with E-state index in [0.717, 1.165) is 6.42 Å². The highest BCUT2D eigenvalue weighted by Crippen LogP contribution is 2.19. The van der Waals surface area contributed by atoms with Gasteiger partial charge in [0.15, 0.2) is 11.2 Å². The number of hydrogen-bond donors (Lipinski definition) is 2. The summed E-state index contributed by atoms with van der Waals surface area (Å²) >= 11 is 0. The number of benzene rings is 1. The van der Waals surface area contributed by atoms with Gasteiger partial charge >= 0.3 is 5.69 Å². The minimum absolute atomic E-state index is 0.0572. The molecule has 9 heteroatoms. The molecule has 0 fully saturated rings. The highest BCUT2D eigenvalue weighted by molar-refractivity contribution is 5.74. The first kappa shape index (κ1) is 19.7. The van der Waals surface area contributed by atoms with Crippen molar-refractivity contribution in [3.8, 4) is 5.75 Å². The number of anilines is 1. The SMILES string of the molecule is CCc1ccc(OCC(O)Cn2c(N(C)C)nc3c2c(=O)[nH]c(=O)n3C)cc1. The monoisotopic (exact) mass is 387 g/mol. The molecule has 2 N–H and O–H groups in total. The molecule has 0 saturated carbocycles. The molecule has 0 aliphatic heterocycles. The van der Waals surface area contributed by atoms with Crippen LogP contribution in [0.4, 0.5) is 5.95 Å². The van der Waals surface area contributed by atoms with E-state index >= 15 is 0 Å². The number of H-pyrrole nitrogens is 1. The van der Waals surface area contributed by atoms with Crippen LogP contribution in [-0.4, -0.2) is 51.0 Å². The van der Waals surface area contributed by atoms with Crippen molar-refractivity contribution in [3.05, 3.63) is 50.7 Å². The molecule has 0 spiro atoms. The van der Waals surface area contributed by atoms with E-state index in [1.165, 1.54) is 17.2 Å². The lowest BCUT2D eigenvalue weighted by Crippen LogP contribution is -2.31. The molecule has 1 aromatic carbocycles. The van der Waals surface area contributed by atoms with Gasteiger partial charge < -0.3 is 19.3 Å². The summed E-state index contributed by atoms with van der Waals surface area (Å²) in [6, 6.07) is 7.69. The Labute approximate surface area is 161 Å². The number of imidazole rings is 1. The van der Waals surface area contributed by atoms with Gasteiger partial charge in [0.25, 0.3) is 5.56 Å². The number of aliphatic hydroxyl groups excluding tert-OH is 1. The normalized spacial score (nSPS) is 12.3. The van der Waals surface area contributed by atoms with Gasteiger partial charge in [0.2, 0.25) is 5.95 Å². The van der Waals surface area contributed by atoms with E-state index < -0.39 is 17.4 Å². The van der Waals surface area contributed by atoms with Crippen LogP contribution in [0.1, 0.15) is 12.5 Å². The van der Waals surface area contributed by atoms with Gasteiger partial charge in [-0.15, -0.1) is 0 Å². The summed E-state index contributed by atoms with van der Waals surface area (Å²) in [6.45, 7) is 2.23. The molecular formula is C19H25N5O4. The summed E-state index contributed by atoms with van der Waals surface area (Å²) in [7, 11) is 5.10. The first-order valence-corrected chi connectivity index (χ1v) is 9.08. The van der Waals surface area contributed by atoms with Gasteiger partial charge in [0, 0.05) is 21.1 Å². The summed E-state index contributed by atoms with van der Waals surface area (Å²) < 4.78 is 8.54. The number of nitrogens with one attached hydrogen (secondary N) is 1. The highest BCUT2D eigenvalue weighted by atomic mass is 16.5. The Hall–Kier alpha value is -3.07. The summed E-state index contributed by atoms with van der Waals surface area (Å²) in [6.07, 6.45) is 0.0691. The van der Waals surface area contributed by atoms with Gasteiger partial charge in [0.1, 0.15) is 18.5 Å². The second-order valence-corrected chi connectivity index (χ2v) is 6.87. The minimum Gasteiger partial charge on any atom is -0.491 e. The summed E-state index contributed by atoms with van der Waals surface area (Å²) in [4.78, 5) is 32.6. The maximum atomic E-state index is 12.4. The fourth-order valence-corrected chi connectivity index (χ4v) is 3.01. The molecule has 28 heavy (non-hydrogen) atoms. The van der Waals surface area contributed by atoms with E-state index in [1.807, 2.05) is 24.3 Å². The van der Waals surface area contributed by atoms with Crippen LogP contribution in [0.3, 0.4) is 0 Å². The van der Waals surface area contributed by atoms with Crippen molar-refractivity contribution < 1.29 is 9.84 Å². The fraction of sp³-hybridized carbons (Fsp3) is 0.421. The number of rotatable bonds is 7. The van der Waals surface area contributed by atoms with Crippen molar-refractivity contribution in [3.63, 3.8) is 0 Å². The Kier molecular flexibility index (Phi) is 5.55. The molecule has 1 atom stereocenters. The van der Waals surface area contributed by atoms with Gasteiger partial charge in [-0.25, -0.2) is 4.79 Å².